The topological polar surface area (TPSA) is 102 Å². The van der Waals surface area contributed by atoms with Crippen LogP contribution in [-0.4, -0.2) is 46.4 Å². The molecule has 0 saturated carbocycles. The molecule has 2 aromatic carbocycles. The zero-order valence-corrected chi connectivity index (χ0v) is 21.3. The van der Waals surface area contributed by atoms with Crippen LogP contribution < -0.4 is 16.2 Å². The Kier molecular flexibility index (Phi) is 9.13. The van der Waals surface area contributed by atoms with Crippen LogP contribution in [0.4, 0.5) is 5.69 Å². The Morgan fingerprint density at radius 3 is 2.69 bits per heavy atom. The van der Waals surface area contributed by atoms with Gasteiger partial charge in [0.1, 0.15) is 0 Å². The maximum Gasteiger partial charge on any atom is 0.262 e. The molecule has 0 bridgehead atoms. The van der Waals surface area contributed by atoms with Gasteiger partial charge in [-0.2, -0.15) is 0 Å². The first-order valence-corrected chi connectivity index (χ1v) is 13.4. The van der Waals surface area contributed by atoms with Gasteiger partial charge in [0.15, 0.2) is 5.16 Å². The predicted octanol–water partition coefficient (Wildman–Crippen LogP) is 3.77. The summed E-state index contributed by atoms with van der Waals surface area (Å²) in [6, 6.07) is 14.9. The lowest BCUT2D eigenvalue weighted by atomic mass is 10.1. The number of anilines is 1. The number of aromatic nitrogens is 2. The first kappa shape index (κ1) is 25.9. The van der Waals surface area contributed by atoms with Crippen LogP contribution in [0.3, 0.4) is 0 Å². The largest absolute Gasteiger partial charge is 0.376 e. The Balaban J connectivity index is 1.39. The lowest BCUT2D eigenvalue weighted by Crippen LogP contribution is -2.32. The maximum absolute atomic E-state index is 13.2. The third-order valence-corrected chi connectivity index (χ3v) is 7.12. The van der Waals surface area contributed by atoms with E-state index in [1.165, 1.54) is 17.3 Å². The quantitative estimate of drug-likeness (QED) is 0.302. The highest BCUT2D eigenvalue weighted by Crippen LogP contribution is 2.19. The van der Waals surface area contributed by atoms with E-state index in [9.17, 15) is 14.4 Å². The molecular weight excluding hydrogens is 476 g/mol. The second-order valence-corrected chi connectivity index (χ2v) is 9.74. The number of amides is 2. The Morgan fingerprint density at radius 2 is 1.94 bits per heavy atom. The van der Waals surface area contributed by atoms with Crippen LogP contribution in [0.2, 0.25) is 0 Å². The smallest absolute Gasteiger partial charge is 0.262 e. The van der Waals surface area contributed by atoms with Gasteiger partial charge in [-0.3, -0.25) is 19.0 Å². The van der Waals surface area contributed by atoms with Crippen molar-refractivity contribution in [1.82, 2.24) is 14.9 Å². The molecule has 1 aliphatic heterocycles. The van der Waals surface area contributed by atoms with Crippen molar-refractivity contribution in [2.45, 2.75) is 56.8 Å². The number of hydrogen-bond donors (Lipinski definition) is 2. The summed E-state index contributed by atoms with van der Waals surface area (Å²) in [4.78, 5) is 42.7. The molecule has 1 fully saturated rings. The van der Waals surface area contributed by atoms with E-state index < -0.39 is 0 Å². The minimum absolute atomic E-state index is 0.0602. The van der Waals surface area contributed by atoms with Crippen molar-refractivity contribution in [3.05, 3.63) is 64.4 Å². The van der Waals surface area contributed by atoms with Gasteiger partial charge < -0.3 is 15.4 Å². The van der Waals surface area contributed by atoms with Crippen LogP contribution in [0, 0.1) is 0 Å². The molecule has 2 N–H and O–H groups in total. The van der Waals surface area contributed by atoms with Crippen LogP contribution in [0.1, 0.15) is 38.2 Å². The number of nitrogens with zero attached hydrogens (tertiary/aromatic N) is 2. The molecule has 0 radical (unpaired) electrons. The number of ether oxygens (including phenoxy) is 1. The van der Waals surface area contributed by atoms with Crippen molar-refractivity contribution >= 4 is 40.2 Å². The standard InChI is InChI=1S/C27H32N4O4S/c1-2-19-11-13-20(14-12-19)29-25(33)18-36-27-30-23-9-4-3-8-22(23)26(34)31(27)15-5-10-24(32)28-17-21-7-6-16-35-21/h3-4,8-9,11-14,21H,2,5-7,10,15-18H2,1H3,(H,28,32)(H,29,33). The van der Waals surface area contributed by atoms with E-state index in [0.717, 1.165) is 31.6 Å². The molecule has 0 spiro atoms. The average molecular weight is 509 g/mol. The zero-order chi connectivity index (χ0) is 25.3. The van der Waals surface area contributed by atoms with Gasteiger partial charge in [0.25, 0.3) is 5.56 Å². The second-order valence-electron chi connectivity index (χ2n) is 8.80. The summed E-state index contributed by atoms with van der Waals surface area (Å²) >= 11 is 1.22. The van der Waals surface area contributed by atoms with Gasteiger partial charge in [0, 0.05) is 31.8 Å². The maximum atomic E-state index is 13.2. The molecule has 1 atom stereocenters. The number of carbonyl (C=O) groups is 2. The molecule has 2 amide bonds. The van der Waals surface area contributed by atoms with Crippen LogP contribution in [0.5, 0.6) is 0 Å². The van der Waals surface area contributed by atoms with Gasteiger partial charge in [-0.15, -0.1) is 0 Å². The number of carbonyl (C=O) groups excluding carboxylic acids is 2. The number of rotatable bonds is 11. The van der Waals surface area contributed by atoms with Gasteiger partial charge in [-0.25, -0.2) is 4.98 Å². The molecule has 9 heteroatoms. The summed E-state index contributed by atoms with van der Waals surface area (Å²) in [7, 11) is 0. The number of benzene rings is 2. The molecule has 4 rings (SSSR count). The lowest BCUT2D eigenvalue weighted by molar-refractivity contribution is -0.121. The van der Waals surface area contributed by atoms with Crippen LogP contribution >= 0.6 is 11.8 Å². The van der Waals surface area contributed by atoms with Crippen LogP contribution in [-0.2, 0) is 27.3 Å². The molecule has 36 heavy (non-hydrogen) atoms. The monoisotopic (exact) mass is 508 g/mol. The van der Waals surface area contributed by atoms with E-state index in [1.54, 1.807) is 22.8 Å². The summed E-state index contributed by atoms with van der Waals surface area (Å²) in [6.45, 7) is 3.69. The highest BCUT2D eigenvalue weighted by Gasteiger charge is 2.17. The molecule has 8 nitrogen and oxygen atoms in total. The Labute approximate surface area is 214 Å². The van der Waals surface area contributed by atoms with Crippen molar-refractivity contribution in [3.8, 4) is 0 Å². The molecule has 1 aliphatic rings. The van der Waals surface area contributed by atoms with Gasteiger partial charge in [-0.05, 0) is 55.5 Å². The summed E-state index contributed by atoms with van der Waals surface area (Å²) in [5, 5.41) is 6.79. The average Bonchev–Trinajstić information content (AvgIpc) is 3.42. The van der Waals surface area contributed by atoms with Crippen molar-refractivity contribution in [3.63, 3.8) is 0 Å². The molecular formula is C27H32N4O4S. The second kappa shape index (κ2) is 12.7. The third kappa shape index (κ3) is 6.95. The fraction of sp³-hybridized carbons (Fsp3) is 0.407. The lowest BCUT2D eigenvalue weighted by Gasteiger charge is -2.14. The molecule has 1 aromatic heterocycles. The molecule has 190 valence electrons. The van der Waals surface area contributed by atoms with Crippen LogP contribution in [0.25, 0.3) is 10.9 Å². The number of hydrogen-bond acceptors (Lipinski definition) is 6. The van der Waals surface area contributed by atoms with Crippen molar-refractivity contribution in [2.75, 3.05) is 24.2 Å². The van der Waals surface area contributed by atoms with Crippen molar-refractivity contribution < 1.29 is 14.3 Å². The number of nitrogens with one attached hydrogen (secondary N) is 2. The summed E-state index contributed by atoms with van der Waals surface area (Å²) in [5.41, 5.74) is 2.35. The number of aryl methyl sites for hydroxylation is 1. The Bertz CT molecular complexity index is 1250. The van der Waals surface area contributed by atoms with Gasteiger partial charge in [-0.1, -0.05) is 43.0 Å². The Morgan fingerprint density at radius 1 is 1.14 bits per heavy atom. The number of para-hydroxylation sites is 1. The van der Waals surface area contributed by atoms with Crippen molar-refractivity contribution in [2.24, 2.45) is 0 Å². The van der Waals surface area contributed by atoms with E-state index in [4.69, 9.17) is 4.74 Å². The molecule has 1 unspecified atom stereocenters. The number of fused-ring (bicyclic) bond motifs is 1. The highest BCUT2D eigenvalue weighted by atomic mass is 32.2. The first-order valence-electron chi connectivity index (χ1n) is 12.4. The molecule has 0 aliphatic carbocycles. The minimum Gasteiger partial charge on any atom is -0.376 e. The highest BCUT2D eigenvalue weighted by molar-refractivity contribution is 7.99. The van der Waals surface area contributed by atoms with E-state index >= 15 is 0 Å². The van der Waals surface area contributed by atoms with Gasteiger partial charge in [0.05, 0.1) is 22.8 Å². The summed E-state index contributed by atoms with van der Waals surface area (Å²) in [6.07, 6.45) is 3.82. The Hall–Kier alpha value is -3.17. The minimum atomic E-state index is -0.174. The number of thioether (sulfide) groups is 1. The molecule has 1 saturated heterocycles. The normalized spacial score (nSPS) is 15.2. The summed E-state index contributed by atoms with van der Waals surface area (Å²) < 4.78 is 7.11. The van der Waals surface area contributed by atoms with E-state index in [-0.39, 0.29) is 29.2 Å². The van der Waals surface area contributed by atoms with E-state index in [0.29, 0.717) is 42.0 Å². The molecule has 3 aromatic rings. The fourth-order valence-corrected chi connectivity index (χ4v) is 4.95. The third-order valence-electron chi connectivity index (χ3n) is 6.14. The molecule has 2 heterocycles. The van der Waals surface area contributed by atoms with Gasteiger partial charge >= 0.3 is 0 Å². The van der Waals surface area contributed by atoms with Crippen molar-refractivity contribution in [1.29, 1.82) is 0 Å². The summed E-state index contributed by atoms with van der Waals surface area (Å²) in [5.74, 6) is -0.121. The van der Waals surface area contributed by atoms with Crippen LogP contribution in [0.15, 0.2) is 58.5 Å². The fourth-order valence-electron chi connectivity index (χ4n) is 4.13. The predicted molar refractivity (Wildman–Crippen MR) is 142 cm³/mol. The zero-order valence-electron chi connectivity index (χ0n) is 20.5. The first-order chi connectivity index (χ1) is 17.5. The SMILES string of the molecule is CCc1ccc(NC(=O)CSc2nc3ccccc3c(=O)n2CCCC(=O)NCC2CCCO2)cc1. The van der Waals surface area contributed by atoms with Gasteiger partial charge in [0.2, 0.25) is 11.8 Å². The van der Waals surface area contributed by atoms with E-state index in [1.807, 2.05) is 30.3 Å². The van der Waals surface area contributed by atoms with E-state index in [2.05, 4.69) is 22.5 Å².